The van der Waals surface area contributed by atoms with Crippen LogP contribution in [0.4, 0.5) is 0 Å². The van der Waals surface area contributed by atoms with Gasteiger partial charge in [-0.15, -0.1) is 24.0 Å². The number of nitriles is 1. The fourth-order valence-electron chi connectivity index (χ4n) is 0. The Bertz CT molecular complexity index is 12.8. The molecule has 0 heterocycles. The van der Waals surface area contributed by atoms with Gasteiger partial charge in [-0.05, 0) is 0 Å². The van der Waals surface area contributed by atoms with Crippen LogP contribution in [0.15, 0.2) is 0 Å². The van der Waals surface area contributed by atoms with Crippen LogP contribution >= 0.6 is 24.0 Å². The predicted octanol–water partition coefficient (Wildman–Crippen LogP) is 0.755. The van der Waals surface area contributed by atoms with Gasteiger partial charge >= 0.3 is 0 Å². The second-order valence-electron chi connectivity index (χ2n) is 0. The zero-order chi connectivity index (χ0) is 2.00. The minimum atomic E-state index is 0. The van der Waals surface area contributed by atoms with Crippen LogP contribution in [0.1, 0.15) is 0 Å². The Labute approximate surface area is 57.9 Å². The number of hydrogen-bond acceptors (Lipinski definition) is 1. The van der Waals surface area contributed by atoms with Crippen LogP contribution in [0.25, 0.3) is 0 Å². The maximum Gasteiger partial charge on any atom is 0.0462 e. The molecule has 0 fully saturated rings. The Hall–Kier alpha value is 0.960. The summed E-state index contributed by atoms with van der Waals surface area (Å²) in [7, 11) is 0. The third-order valence-electron chi connectivity index (χ3n) is 0. The molecule has 0 aromatic heterocycles. The first kappa shape index (κ1) is 20.2. The van der Waals surface area contributed by atoms with Crippen LogP contribution in [-0.4, -0.2) is 0 Å². The standard InChI is InChI=1S/CHN.Ag.HI/c1-2;;/h1H;;1H. The Kier molecular flexibility index (Phi) is 190. The fourth-order valence-corrected chi connectivity index (χ4v) is 0. The van der Waals surface area contributed by atoms with Crippen LogP contribution in [0.2, 0.25) is 0 Å². The molecule has 4 heavy (non-hydrogen) atoms. The average Bonchev–Trinajstić information content (AvgIpc) is 1.00. The van der Waals surface area contributed by atoms with Crippen molar-refractivity contribution in [2.24, 2.45) is 0 Å². The SMILES string of the molecule is C#N.I.[Ag]. The van der Waals surface area contributed by atoms with E-state index in [1.807, 2.05) is 0 Å². The van der Waals surface area contributed by atoms with E-state index in [4.69, 9.17) is 5.26 Å². The van der Waals surface area contributed by atoms with Gasteiger partial charge in [0.15, 0.2) is 0 Å². The van der Waals surface area contributed by atoms with E-state index in [9.17, 15) is 0 Å². The van der Waals surface area contributed by atoms with Gasteiger partial charge in [-0.2, -0.15) is 0 Å². The molecule has 0 saturated carbocycles. The van der Waals surface area contributed by atoms with Crippen molar-refractivity contribution in [1.29, 1.82) is 5.26 Å². The van der Waals surface area contributed by atoms with Crippen LogP contribution < -0.4 is 0 Å². The molecule has 0 aliphatic rings. The molecule has 0 atom stereocenters. The third-order valence-corrected chi connectivity index (χ3v) is 0. The molecule has 0 N–H and O–H groups in total. The van der Waals surface area contributed by atoms with Crippen molar-refractivity contribution < 1.29 is 22.4 Å². The monoisotopic (exact) mass is 262 g/mol. The molecule has 0 saturated heterocycles. The molecule has 3 heteroatoms. The maximum atomic E-state index is 6.50. The summed E-state index contributed by atoms with van der Waals surface area (Å²) in [6.07, 6.45) is 0. The fraction of sp³-hybridized carbons (Fsp3) is 0. The smallest absolute Gasteiger partial charge is 0.0462 e. The van der Waals surface area contributed by atoms with Crippen molar-refractivity contribution in [2.75, 3.05) is 0 Å². The molecule has 0 unspecified atom stereocenters. The summed E-state index contributed by atoms with van der Waals surface area (Å²) in [6, 6.07) is 0. The topological polar surface area (TPSA) is 23.8 Å². The molecule has 0 amide bonds. The summed E-state index contributed by atoms with van der Waals surface area (Å²) >= 11 is 0. The van der Waals surface area contributed by atoms with E-state index in [1.54, 1.807) is 0 Å². The van der Waals surface area contributed by atoms with Gasteiger partial charge in [0, 0.05) is 29.0 Å². The summed E-state index contributed by atoms with van der Waals surface area (Å²) in [6.45, 7) is 3.50. The first-order valence-electron chi connectivity index (χ1n) is 0.258. The molecule has 0 bridgehead atoms. The quantitative estimate of drug-likeness (QED) is 0.467. The number of halogens is 1. The zero-order valence-corrected chi connectivity index (χ0v) is 5.55. The van der Waals surface area contributed by atoms with Gasteiger partial charge in [0.25, 0.3) is 0 Å². The molecule has 0 aliphatic carbocycles. The molecular formula is CH2AgIN. The van der Waals surface area contributed by atoms with Gasteiger partial charge < -0.3 is 0 Å². The molecule has 0 spiro atoms. The van der Waals surface area contributed by atoms with Crippen molar-refractivity contribution in [2.45, 2.75) is 0 Å². The van der Waals surface area contributed by atoms with Crippen LogP contribution in [0.5, 0.6) is 0 Å². The van der Waals surface area contributed by atoms with E-state index in [0.717, 1.165) is 0 Å². The summed E-state index contributed by atoms with van der Waals surface area (Å²) in [5.74, 6) is 0. The molecule has 1 nitrogen and oxygen atoms in total. The molecule has 0 rings (SSSR count). The van der Waals surface area contributed by atoms with E-state index in [2.05, 4.69) is 6.57 Å². The molecule has 0 aromatic carbocycles. The van der Waals surface area contributed by atoms with E-state index in [-0.39, 0.29) is 46.4 Å². The Balaban J connectivity index is -0.00000000500. The summed E-state index contributed by atoms with van der Waals surface area (Å²) in [5, 5.41) is 6.50. The van der Waals surface area contributed by atoms with E-state index in [0.29, 0.717) is 0 Å². The van der Waals surface area contributed by atoms with E-state index in [1.165, 1.54) is 0 Å². The van der Waals surface area contributed by atoms with Gasteiger partial charge in [-0.25, -0.2) is 5.26 Å². The van der Waals surface area contributed by atoms with Crippen LogP contribution in [0.3, 0.4) is 0 Å². The van der Waals surface area contributed by atoms with Crippen molar-refractivity contribution in [3.63, 3.8) is 0 Å². The molecule has 0 aliphatic heterocycles. The average molecular weight is 263 g/mol. The van der Waals surface area contributed by atoms with Crippen LogP contribution in [-0.2, 0) is 22.4 Å². The minimum Gasteiger partial charge on any atom is -0.202 e. The van der Waals surface area contributed by atoms with E-state index < -0.39 is 0 Å². The summed E-state index contributed by atoms with van der Waals surface area (Å²) in [5.41, 5.74) is 0. The number of nitrogens with zero attached hydrogens (tertiary/aromatic N) is 1. The van der Waals surface area contributed by atoms with E-state index >= 15 is 0 Å². The largest absolute Gasteiger partial charge is 0.202 e. The second-order valence-corrected chi connectivity index (χ2v) is 0. The second kappa shape index (κ2) is 37.6. The molecule has 1 radical (unpaired) electrons. The van der Waals surface area contributed by atoms with Gasteiger partial charge in [0.1, 0.15) is 0 Å². The predicted molar refractivity (Wildman–Crippen MR) is 22.1 cm³/mol. The molecule has 0 aromatic rings. The first-order valence-corrected chi connectivity index (χ1v) is 0.258. The third kappa shape index (κ3) is 12.3. The maximum absolute atomic E-state index is 6.50. The van der Waals surface area contributed by atoms with Crippen molar-refractivity contribution in [1.82, 2.24) is 0 Å². The zero-order valence-electron chi connectivity index (χ0n) is 1.73. The van der Waals surface area contributed by atoms with Gasteiger partial charge in [0.05, 0.1) is 0 Å². The molecular weight excluding hydrogens is 261 g/mol. The number of hydrogen-bond donors (Lipinski definition) is 0. The molecule has 29 valence electrons. The number of rotatable bonds is 0. The van der Waals surface area contributed by atoms with Crippen molar-refractivity contribution >= 4 is 24.0 Å². The van der Waals surface area contributed by atoms with Crippen LogP contribution in [0, 0.1) is 11.8 Å². The first-order chi connectivity index (χ1) is 1.00. The Morgan fingerprint density at radius 3 is 1.25 bits per heavy atom. The van der Waals surface area contributed by atoms with Gasteiger partial charge in [-0.1, -0.05) is 0 Å². The minimum absolute atomic E-state index is 0. The normalized spacial score (nSPS) is 0.500. The van der Waals surface area contributed by atoms with Crippen molar-refractivity contribution in [3.05, 3.63) is 0 Å². The summed E-state index contributed by atoms with van der Waals surface area (Å²) in [4.78, 5) is 0. The van der Waals surface area contributed by atoms with Gasteiger partial charge in [-0.3, -0.25) is 0 Å². The Morgan fingerprint density at radius 2 is 1.25 bits per heavy atom. The van der Waals surface area contributed by atoms with Crippen molar-refractivity contribution in [3.8, 4) is 6.57 Å². The Morgan fingerprint density at radius 1 is 1.25 bits per heavy atom. The summed E-state index contributed by atoms with van der Waals surface area (Å²) < 4.78 is 0. The van der Waals surface area contributed by atoms with Gasteiger partial charge in [0.2, 0.25) is 0 Å².